The maximum Gasteiger partial charge on any atom is 0.130 e. The number of halogens is 3. The minimum absolute atomic E-state index is 0.329. The van der Waals surface area contributed by atoms with Crippen LogP contribution in [-0.4, -0.2) is 7.11 Å². The Kier molecular flexibility index (Phi) is 5.09. The Morgan fingerprint density at radius 1 is 1.05 bits per heavy atom. The molecule has 0 saturated carbocycles. The highest BCUT2D eigenvalue weighted by atomic mass is 79.9. The molecule has 0 radical (unpaired) electrons. The summed E-state index contributed by atoms with van der Waals surface area (Å²) in [5.74, 6) is -0.345. The van der Waals surface area contributed by atoms with Crippen molar-refractivity contribution < 1.29 is 13.5 Å². The Hall–Kier alpha value is -1.46. The van der Waals surface area contributed by atoms with Gasteiger partial charge in [0.1, 0.15) is 17.4 Å². The van der Waals surface area contributed by atoms with Crippen LogP contribution in [0.5, 0.6) is 5.75 Å². The van der Waals surface area contributed by atoms with E-state index in [0.29, 0.717) is 18.7 Å². The van der Waals surface area contributed by atoms with E-state index in [4.69, 9.17) is 4.74 Å². The molecule has 0 saturated heterocycles. The van der Waals surface area contributed by atoms with E-state index in [2.05, 4.69) is 21.2 Å². The molecule has 0 bridgehead atoms. The van der Waals surface area contributed by atoms with Crippen molar-refractivity contribution in [2.24, 2.45) is 0 Å². The molecule has 2 rings (SSSR count). The van der Waals surface area contributed by atoms with E-state index in [1.54, 1.807) is 7.11 Å². The van der Waals surface area contributed by atoms with Crippen LogP contribution in [-0.2, 0) is 13.1 Å². The summed E-state index contributed by atoms with van der Waals surface area (Å²) in [5, 5.41) is 3.12. The number of benzene rings is 2. The first-order valence-corrected chi connectivity index (χ1v) is 6.86. The second-order valence-corrected chi connectivity index (χ2v) is 5.15. The first kappa shape index (κ1) is 14.9. The van der Waals surface area contributed by atoms with Gasteiger partial charge in [0, 0.05) is 29.2 Å². The van der Waals surface area contributed by atoms with E-state index >= 15 is 0 Å². The monoisotopic (exact) mass is 341 g/mol. The van der Waals surface area contributed by atoms with Crippen molar-refractivity contribution in [1.82, 2.24) is 5.32 Å². The summed E-state index contributed by atoms with van der Waals surface area (Å²) in [5.41, 5.74) is 1.44. The minimum atomic E-state index is -0.568. The summed E-state index contributed by atoms with van der Waals surface area (Å²) < 4.78 is 32.4. The normalized spacial score (nSPS) is 10.6. The first-order valence-electron chi connectivity index (χ1n) is 6.07. The summed E-state index contributed by atoms with van der Waals surface area (Å²) in [6, 6.07) is 9.23. The van der Waals surface area contributed by atoms with Crippen LogP contribution in [0.25, 0.3) is 0 Å². The fraction of sp³-hybridized carbons (Fsp3) is 0.200. The fourth-order valence-corrected chi connectivity index (χ4v) is 2.20. The molecule has 0 aliphatic rings. The van der Waals surface area contributed by atoms with E-state index in [1.807, 2.05) is 18.2 Å². The van der Waals surface area contributed by atoms with Gasteiger partial charge < -0.3 is 10.1 Å². The van der Waals surface area contributed by atoms with Crippen molar-refractivity contribution in [3.63, 3.8) is 0 Å². The molecule has 0 atom stereocenters. The van der Waals surface area contributed by atoms with Gasteiger partial charge in [-0.2, -0.15) is 0 Å². The molecule has 2 nitrogen and oxygen atoms in total. The Bertz CT molecular complexity index is 604. The van der Waals surface area contributed by atoms with Crippen LogP contribution in [0.15, 0.2) is 40.9 Å². The van der Waals surface area contributed by atoms with Crippen molar-refractivity contribution >= 4 is 15.9 Å². The molecular formula is C15H14BrF2NO. The molecule has 106 valence electrons. The van der Waals surface area contributed by atoms with Gasteiger partial charge in [0.15, 0.2) is 0 Å². The molecule has 0 spiro atoms. The Labute approximate surface area is 124 Å². The molecule has 20 heavy (non-hydrogen) atoms. The standard InChI is InChI=1S/C15H14BrF2NO/c1-20-13-4-5-14(16)11(6-13)9-19-8-10-2-3-12(17)7-15(10)18/h2-7,19H,8-9H2,1H3. The number of hydrogen-bond donors (Lipinski definition) is 1. The Balaban J connectivity index is 1.99. The number of nitrogens with one attached hydrogen (secondary N) is 1. The summed E-state index contributed by atoms with van der Waals surface area (Å²) >= 11 is 3.45. The van der Waals surface area contributed by atoms with Gasteiger partial charge in [-0.3, -0.25) is 0 Å². The van der Waals surface area contributed by atoms with Crippen LogP contribution in [0.1, 0.15) is 11.1 Å². The first-order chi connectivity index (χ1) is 9.60. The van der Waals surface area contributed by atoms with Gasteiger partial charge in [-0.25, -0.2) is 8.78 Å². The predicted octanol–water partition coefficient (Wildman–Crippen LogP) is 4.03. The highest BCUT2D eigenvalue weighted by Gasteiger charge is 2.05. The third-order valence-corrected chi connectivity index (χ3v) is 3.67. The fourth-order valence-electron chi connectivity index (χ4n) is 1.81. The van der Waals surface area contributed by atoms with Crippen molar-refractivity contribution in [1.29, 1.82) is 0 Å². The SMILES string of the molecule is COc1ccc(Br)c(CNCc2ccc(F)cc2F)c1. The van der Waals surface area contributed by atoms with E-state index in [0.717, 1.165) is 21.9 Å². The molecule has 0 amide bonds. The Morgan fingerprint density at radius 2 is 1.80 bits per heavy atom. The number of ether oxygens (including phenoxy) is 1. The van der Waals surface area contributed by atoms with Crippen molar-refractivity contribution in [3.8, 4) is 5.75 Å². The lowest BCUT2D eigenvalue weighted by Gasteiger charge is -2.09. The van der Waals surface area contributed by atoms with Crippen LogP contribution >= 0.6 is 15.9 Å². The van der Waals surface area contributed by atoms with E-state index in [9.17, 15) is 8.78 Å². The zero-order valence-corrected chi connectivity index (χ0v) is 12.5. The van der Waals surface area contributed by atoms with Gasteiger partial charge in [-0.15, -0.1) is 0 Å². The van der Waals surface area contributed by atoms with Gasteiger partial charge in [0.2, 0.25) is 0 Å². The second kappa shape index (κ2) is 6.81. The second-order valence-electron chi connectivity index (χ2n) is 4.30. The van der Waals surface area contributed by atoms with E-state index in [-0.39, 0.29) is 0 Å². The Morgan fingerprint density at radius 3 is 2.50 bits per heavy atom. The predicted molar refractivity (Wildman–Crippen MR) is 77.6 cm³/mol. The number of methoxy groups -OCH3 is 1. The van der Waals surface area contributed by atoms with Gasteiger partial charge in [0.25, 0.3) is 0 Å². The zero-order valence-electron chi connectivity index (χ0n) is 10.9. The molecular weight excluding hydrogens is 328 g/mol. The molecule has 0 aliphatic carbocycles. The van der Waals surface area contributed by atoms with Crippen LogP contribution < -0.4 is 10.1 Å². The van der Waals surface area contributed by atoms with Crippen molar-refractivity contribution in [2.45, 2.75) is 13.1 Å². The van der Waals surface area contributed by atoms with Crippen LogP contribution in [0.4, 0.5) is 8.78 Å². The highest BCUT2D eigenvalue weighted by Crippen LogP contribution is 2.22. The molecule has 1 N–H and O–H groups in total. The lowest BCUT2D eigenvalue weighted by molar-refractivity contribution is 0.414. The van der Waals surface area contributed by atoms with Crippen LogP contribution in [0, 0.1) is 11.6 Å². The van der Waals surface area contributed by atoms with Crippen molar-refractivity contribution in [2.75, 3.05) is 7.11 Å². The van der Waals surface area contributed by atoms with E-state index < -0.39 is 11.6 Å². The maximum atomic E-state index is 13.5. The molecule has 0 aliphatic heterocycles. The summed E-state index contributed by atoms with van der Waals surface area (Å²) in [4.78, 5) is 0. The number of rotatable bonds is 5. The quantitative estimate of drug-likeness (QED) is 0.886. The lowest BCUT2D eigenvalue weighted by atomic mass is 10.2. The molecule has 0 fully saturated rings. The number of hydrogen-bond acceptors (Lipinski definition) is 2. The molecule has 5 heteroatoms. The van der Waals surface area contributed by atoms with E-state index in [1.165, 1.54) is 12.1 Å². The minimum Gasteiger partial charge on any atom is -0.497 e. The van der Waals surface area contributed by atoms with Gasteiger partial charge in [0.05, 0.1) is 7.11 Å². The summed E-state index contributed by atoms with van der Waals surface area (Å²) in [6.07, 6.45) is 0. The topological polar surface area (TPSA) is 21.3 Å². The molecule has 2 aromatic carbocycles. The molecule has 2 aromatic rings. The van der Waals surface area contributed by atoms with Gasteiger partial charge in [-0.1, -0.05) is 22.0 Å². The lowest BCUT2D eigenvalue weighted by Crippen LogP contribution is -2.14. The molecule has 0 aromatic heterocycles. The van der Waals surface area contributed by atoms with Crippen LogP contribution in [0.3, 0.4) is 0 Å². The third kappa shape index (κ3) is 3.77. The average Bonchev–Trinajstić information content (AvgIpc) is 2.43. The van der Waals surface area contributed by atoms with Gasteiger partial charge >= 0.3 is 0 Å². The van der Waals surface area contributed by atoms with Crippen LogP contribution in [0.2, 0.25) is 0 Å². The average molecular weight is 342 g/mol. The maximum absolute atomic E-state index is 13.5. The van der Waals surface area contributed by atoms with Gasteiger partial charge in [-0.05, 0) is 29.8 Å². The largest absolute Gasteiger partial charge is 0.497 e. The third-order valence-electron chi connectivity index (χ3n) is 2.90. The highest BCUT2D eigenvalue weighted by molar-refractivity contribution is 9.10. The summed E-state index contributed by atoms with van der Waals surface area (Å²) in [7, 11) is 1.61. The smallest absolute Gasteiger partial charge is 0.130 e. The summed E-state index contributed by atoms with van der Waals surface area (Å²) in [6.45, 7) is 0.879. The van der Waals surface area contributed by atoms with Crippen molar-refractivity contribution in [3.05, 3.63) is 63.6 Å². The molecule has 0 unspecified atom stereocenters. The zero-order chi connectivity index (χ0) is 14.5. The molecule has 0 heterocycles.